The van der Waals surface area contributed by atoms with Crippen LogP contribution in [0.15, 0.2) is 54.6 Å². The highest BCUT2D eigenvalue weighted by atomic mass is 16.5. The number of nitrogens with one attached hydrogen (secondary N) is 2. The topological polar surface area (TPSA) is 108 Å². The SMILES string of the molecule is C[C@@](C#N)(NC(=O)COC(=O)c1ccccc1NC(=O)c1ccccc1)C1CC1. The van der Waals surface area contributed by atoms with E-state index in [1.165, 1.54) is 6.07 Å². The molecule has 0 aliphatic heterocycles. The molecule has 0 saturated heterocycles. The third-order valence-electron chi connectivity index (χ3n) is 4.79. The van der Waals surface area contributed by atoms with Crippen LogP contribution in [0.25, 0.3) is 0 Å². The molecule has 3 rings (SSSR count). The zero-order valence-electron chi connectivity index (χ0n) is 16.0. The Morgan fingerprint density at radius 2 is 1.76 bits per heavy atom. The van der Waals surface area contributed by atoms with Gasteiger partial charge < -0.3 is 15.4 Å². The average Bonchev–Trinajstić information content (AvgIpc) is 3.59. The van der Waals surface area contributed by atoms with Crippen LogP contribution in [0.4, 0.5) is 5.69 Å². The zero-order valence-corrected chi connectivity index (χ0v) is 16.0. The molecule has 1 atom stereocenters. The first-order chi connectivity index (χ1) is 13.9. The lowest BCUT2D eigenvalue weighted by molar-refractivity contribution is -0.125. The summed E-state index contributed by atoms with van der Waals surface area (Å²) < 4.78 is 5.10. The average molecular weight is 391 g/mol. The Morgan fingerprint density at radius 3 is 2.41 bits per heavy atom. The van der Waals surface area contributed by atoms with Crippen LogP contribution in [0.3, 0.4) is 0 Å². The highest BCUT2D eigenvalue weighted by molar-refractivity contribution is 6.08. The first-order valence-electron chi connectivity index (χ1n) is 9.28. The van der Waals surface area contributed by atoms with E-state index in [1.807, 2.05) is 0 Å². The van der Waals surface area contributed by atoms with E-state index >= 15 is 0 Å². The second-order valence-electron chi connectivity index (χ2n) is 7.08. The standard InChI is InChI=1S/C22H21N3O4/c1-22(14-23,16-11-12-16)25-19(26)13-29-21(28)17-9-5-6-10-18(17)24-20(27)15-7-3-2-4-8-15/h2-10,16H,11-13H2,1H3,(H,24,27)(H,25,26)/t22-/m0/s1. The number of anilines is 1. The van der Waals surface area contributed by atoms with E-state index in [0.717, 1.165) is 12.8 Å². The lowest BCUT2D eigenvalue weighted by atomic mass is 9.98. The molecule has 2 aromatic rings. The number of nitriles is 1. The number of esters is 1. The number of benzene rings is 2. The van der Waals surface area contributed by atoms with Gasteiger partial charge >= 0.3 is 5.97 Å². The van der Waals surface area contributed by atoms with Crippen molar-refractivity contribution in [3.8, 4) is 6.07 Å². The van der Waals surface area contributed by atoms with Crippen molar-refractivity contribution in [1.82, 2.24) is 5.32 Å². The van der Waals surface area contributed by atoms with Crippen molar-refractivity contribution < 1.29 is 19.1 Å². The molecule has 2 aromatic carbocycles. The van der Waals surface area contributed by atoms with E-state index in [0.29, 0.717) is 5.56 Å². The van der Waals surface area contributed by atoms with Gasteiger partial charge in [-0.1, -0.05) is 30.3 Å². The number of hydrogen-bond donors (Lipinski definition) is 2. The summed E-state index contributed by atoms with van der Waals surface area (Å²) in [5.74, 6) is -1.52. The fourth-order valence-electron chi connectivity index (χ4n) is 2.97. The Balaban J connectivity index is 1.62. The van der Waals surface area contributed by atoms with Crippen LogP contribution in [0.5, 0.6) is 0 Å². The van der Waals surface area contributed by atoms with Gasteiger partial charge in [-0.2, -0.15) is 5.26 Å². The van der Waals surface area contributed by atoms with E-state index in [4.69, 9.17) is 4.74 Å². The lowest BCUT2D eigenvalue weighted by Crippen LogP contribution is -2.48. The Hall–Kier alpha value is -3.66. The molecule has 0 bridgehead atoms. The van der Waals surface area contributed by atoms with Crippen molar-refractivity contribution in [2.75, 3.05) is 11.9 Å². The van der Waals surface area contributed by atoms with Gasteiger partial charge in [0.25, 0.3) is 11.8 Å². The van der Waals surface area contributed by atoms with E-state index < -0.39 is 24.0 Å². The third-order valence-corrected chi connectivity index (χ3v) is 4.79. The maximum Gasteiger partial charge on any atom is 0.340 e. The molecule has 0 heterocycles. The predicted molar refractivity (Wildman–Crippen MR) is 106 cm³/mol. The molecule has 1 aliphatic rings. The fourth-order valence-corrected chi connectivity index (χ4v) is 2.97. The van der Waals surface area contributed by atoms with E-state index in [1.54, 1.807) is 55.5 Å². The summed E-state index contributed by atoms with van der Waals surface area (Å²) in [5.41, 5.74) is -0.0854. The van der Waals surface area contributed by atoms with Crippen molar-refractivity contribution in [1.29, 1.82) is 5.26 Å². The zero-order chi connectivity index (χ0) is 20.9. The molecule has 7 nitrogen and oxygen atoms in total. The number of nitrogens with zero attached hydrogens (tertiary/aromatic N) is 1. The summed E-state index contributed by atoms with van der Waals surface area (Å²) in [5, 5.41) is 14.6. The van der Waals surface area contributed by atoms with Crippen LogP contribution in [0.2, 0.25) is 0 Å². The van der Waals surface area contributed by atoms with Gasteiger partial charge in [-0.05, 0) is 49.9 Å². The largest absolute Gasteiger partial charge is 0.452 e. The molecular weight excluding hydrogens is 370 g/mol. The molecule has 2 N–H and O–H groups in total. The number of amides is 2. The number of para-hydroxylation sites is 1. The molecular formula is C22H21N3O4. The van der Waals surface area contributed by atoms with Crippen LogP contribution < -0.4 is 10.6 Å². The minimum Gasteiger partial charge on any atom is -0.452 e. The van der Waals surface area contributed by atoms with Gasteiger partial charge in [0.05, 0.1) is 17.3 Å². The quantitative estimate of drug-likeness (QED) is 0.706. The summed E-state index contributed by atoms with van der Waals surface area (Å²) in [6, 6.07) is 17.1. The molecule has 0 aromatic heterocycles. The second-order valence-corrected chi connectivity index (χ2v) is 7.08. The predicted octanol–water partition coefficient (Wildman–Crippen LogP) is 2.90. The molecule has 2 amide bonds. The van der Waals surface area contributed by atoms with Crippen molar-refractivity contribution in [3.05, 3.63) is 65.7 Å². The monoisotopic (exact) mass is 391 g/mol. The molecule has 0 spiro atoms. The summed E-state index contributed by atoms with van der Waals surface area (Å²) in [6.07, 6.45) is 1.78. The summed E-state index contributed by atoms with van der Waals surface area (Å²) in [4.78, 5) is 36.9. The van der Waals surface area contributed by atoms with Crippen molar-refractivity contribution in [2.45, 2.75) is 25.3 Å². The fraction of sp³-hybridized carbons (Fsp3) is 0.273. The van der Waals surface area contributed by atoms with Gasteiger partial charge in [0.1, 0.15) is 5.54 Å². The van der Waals surface area contributed by atoms with E-state index in [2.05, 4.69) is 16.7 Å². The number of hydrogen-bond acceptors (Lipinski definition) is 5. The minimum absolute atomic E-state index is 0.126. The van der Waals surface area contributed by atoms with Gasteiger partial charge in [0.15, 0.2) is 6.61 Å². The molecule has 0 unspecified atom stereocenters. The van der Waals surface area contributed by atoms with Gasteiger partial charge in [-0.25, -0.2) is 4.79 Å². The first kappa shape index (κ1) is 20.1. The van der Waals surface area contributed by atoms with Crippen LogP contribution in [0, 0.1) is 17.2 Å². The molecule has 29 heavy (non-hydrogen) atoms. The van der Waals surface area contributed by atoms with Gasteiger partial charge in [0.2, 0.25) is 0 Å². The Kier molecular flexibility index (Phi) is 5.93. The van der Waals surface area contributed by atoms with E-state index in [9.17, 15) is 19.6 Å². The molecule has 0 radical (unpaired) electrons. The molecule has 148 valence electrons. The van der Waals surface area contributed by atoms with Crippen molar-refractivity contribution in [3.63, 3.8) is 0 Å². The minimum atomic E-state index is -0.953. The third kappa shape index (κ3) is 4.99. The molecule has 1 saturated carbocycles. The van der Waals surface area contributed by atoms with Crippen molar-refractivity contribution in [2.24, 2.45) is 5.92 Å². The highest BCUT2D eigenvalue weighted by Gasteiger charge is 2.43. The number of ether oxygens (including phenoxy) is 1. The molecule has 1 fully saturated rings. The maximum atomic E-state index is 12.5. The normalized spacial score (nSPS) is 14.8. The second kappa shape index (κ2) is 8.57. The Labute approximate surface area is 168 Å². The van der Waals surface area contributed by atoms with E-state index in [-0.39, 0.29) is 23.1 Å². The Morgan fingerprint density at radius 1 is 1.10 bits per heavy atom. The number of rotatable bonds is 7. The van der Waals surface area contributed by atoms with Crippen LogP contribution in [0.1, 0.15) is 40.5 Å². The molecule has 7 heteroatoms. The number of carbonyl (C=O) groups excluding carboxylic acids is 3. The smallest absolute Gasteiger partial charge is 0.340 e. The van der Waals surface area contributed by atoms with Gasteiger partial charge in [-0.3, -0.25) is 9.59 Å². The lowest BCUT2D eigenvalue weighted by Gasteiger charge is -2.22. The van der Waals surface area contributed by atoms with Crippen LogP contribution in [-0.2, 0) is 9.53 Å². The summed E-state index contributed by atoms with van der Waals surface area (Å²) >= 11 is 0. The maximum absolute atomic E-state index is 12.5. The van der Waals surface area contributed by atoms with Gasteiger partial charge in [0, 0.05) is 5.56 Å². The first-order valence-corrected chi connectivity index (χ1v) is 9.28. The van der Waals surface area contributed by atoms with Gasteiger partial charge in [-0.15, -0.1) is 0 Å². The number of carbonyl (C=O) groups is 3. The van der Waals surface area contributed by atoms with Crippen LogP contribution in [-0.4, -0.2) is 29.9 Å². The van der Waals surface area contributed by atoms with Crippen LogP contribution >= 0.6 is 0 Å². The summed E-state index contributed by atoms with van der Waals surface area (Å²) in [7, 11) is 0. The summed E-state index contributed by atoms with van der Waals surface area (Å²) in [6.45, 7) is 1.16. The highest BCUT2D eigenvalue weighted by Crippen LogP contribution is 2.39. The Bertz CT molecular complexity index is 964. The molecule has 1 aliphatic carbocycles. The van der Waals surface area contributed by atoms with Crippen molar-refractivity contribution >= 4 is 23.5 Å².